The maximum absolute atomic E-state index is 5.54. The first kappa shape index (κ1) is 16.6. The molecular weight excluding hydrogens is 340 g/mol. The topological polar surface area (TPSA) is 67.6 Å². The number of nitrogens with zero attached hydrogens (tertiary/aromatic N) is 5. The highest BCUT2D eigenvalue weighted by Gasteiger charge is 2.28. The quantitative estimate of drug-likeness (QED) is 0.767. The lowest BCUT2D eigenvalue weighted by Gasteiger charge is -2.35. The van der Waals surface area contributed by atoms with Crippen molar-refractivity contribution in [2.24, 2.45) is 0 Å². The van der Waals surface area contributed by atoms with E-state index >= 15 is 0 Å². The van der Waals surface area contributed by atoms with Gasteiger partial charge in [-0.25, -0.2) is 4.98 Å². The number of hydrogen-bond acceptors (Lipinski definition) is 6. The van der Waals surface area contributed by atoms with Gasteiger partial charge in [-0.2, -0.15) is 14.6 Å². The molecule has 0 radical (unpaired) electrons. The van der Waals surface area contributed by atoms with Crippen molar-refractivity contribution in [3.63, 3.8) is 0 Å². The minimum atomic E-state index is 0.432. The monoisotopic (exact) mass is 364 g/mol. The minimum Gasteiger partial charge on any atom is -0.380 e. The van der Waals surface area contributed by atoms with Gasteiger partial charge >= 0.3 is 0 Å². The second kappa shape index (κ2) is 7.25. The molecule has 1 N–H and O–H groups in total. The van der Waals surface area contributed by atoms with Gasteiger partial charge in [0.2, 0.25) is 0 Å². The molecule has 0 amide bonds. The van der Waals surface area contributed by atoms with Crippen LogP contribution in [0.25, 0.3) is 17.0 Å². The third kappa shape index (κ3) is 3.40. The Morgan fingerprint density at radius 1 is 1.07 bits per heavy atom. The van der Waals surface area contributed by atoms with E-state index in [1.54, 1.807) is 10.8 Å². The molecule has 2 aliphatic heterocycles. The standard InChI is InChI=1S/C20H24N6O/c1-2-4-15(5-3-1)18-12-19(26-20(24-18)21-14-22-26)23-16-6-9-25(10-7-16)17-8-11-27-13-17/h1-5,12,14,16-17,23H,6-11,13H2/t17-/m0/s1. The van der Waals surface area contributed by atoms with E-state index in [-0.39, 0.29) is 0 Å². The van der Waals surface area contributed by atoms with Crippen LogP contribution in [0.1, 0.15) is 19.3 Å². The number of hydrogen-bond donors (Lipinski definition) is 1. The summed E-state index contributed by atoms with van der Waals surface area (Å²) in [6.45, 7) is 4.03. The van der Waals surface area contributed by atoms with Crippen LogP contribution in [0.5, 0.6) is 0 Å². The van der Waals surface area contributed by atoms with E-state index in [2.05, 4.69) is 43.5 Å². The van der Waals surface area contributed by atoms with E-state index in [4.69, 9.17) is 4.74 Å². The molecule has 2 aromatic heterocycles. The number of piperidine rings is 1. The summed E-state index contributed by atoms with van der Waals surface area (Å²) < 4.78 is 7.34. The molecule has 2 saturated heterocycles. The van der Waals surface area contributed by atoms with Crippen molar-refractivity contribution >= 4 is 11.6 Å². The maximum Gasteiger partial charge on any atom is 0.254 e. The molecule has 2 fully saturated rings. The van der Waals surface area contributed by atoms with Gasteiger partial charge in [0.1, 0.15) is 12.1 Å². The number of rotatable bonds is 4. The Balaban J connectivity index is 1.35. The Morgan fingerprint density at radius 2 is 1.93 bits per heavy atom. The first-order valence-electron chi connectivity index (χ1n) is 9.71. The van der Waals surface area contributed by atoms with Gasteiger partial charge in [-0.15, -0.1) is 0 Å². The molecule has 1 atom stereocenters. The zero-order chi connectivity index (χ0) is 18.1. The molecule has 1 aromatic carbocycles. The molecule has 3 aromatic rings. The molecule has 7 nitrogen and oxygen atoms in total. The summed E-state index contributed by atoms with van der Waals surface area (Å²) in [6.07, 6.45) is 4.97. The smallest absolute Gasteiger partial charge is 0.254 e. The van der Waals surface area contributed by atoms with Gasteiger partial charge in [0.15, 0.2) is 0 Å². The highest BCUT2D eigenvalue weighted by molar-refractivity contribution is 5.65. The molecule has 0 unspecified atom stereocenters. The van der Waals surface area contributed by atoms with E-state index in [9.17, 15) is 0 Å². The third-order valence-corrected chi connectivity index (χ3v) is 5.62. The molecule has 5 rings (SSSR count). The van der Waals surface area contributed by atoms with Crippen molar-refractivity contribution in [1.82, 2.24) is 24.5 Å². The number of aromatic nitrogens is 4. The summed E-state index contributed by atoms with van der Waals surface area (Å²) in [5.74, 6) is 1.58. The number of fused-ring (bicyclic) bond motifs is 1. The van der Waals surface area contributed by atoms with E-state index < -0.39 is 0 Å². The summed E-state index contributed by atoms with van der Waals surface area (Å²) in [6, 6.07) is 13.3. The summed E-state index contributed by atoms with van der Waals surface area (Å²) in [5.41, 5.74) is 2.00. The van der Waals surface area contributed by atoms with Crippen LogP contribution in [-0.4, -0.2) is 62.9 Å². The van der Waals surface area contributed by atoms with Crippen molar-refractivity contribution in [2.75, 3.05) is 31.6 Å². The van der Waals surface area contributed by atoms with Crippen molar-refractivity contribution in [2.45, 2.75) is 31.3 Å². The summed E-state index contributed by atoms with van der Waals surface area (Å²) in [4.78, 5) is 11.5. The molecule has 27 heavy (non-hydrogen) atoms. The second-order valence-electron chi connectivity index (χ2n) is 7.34. The number of ether oxygens (including phenoxy) is 1. The van der Waals surface area contributed by atoms with Gasteiger partial charge in [0.05, 0.1) is 12.3 Å². The van der Waals surface area contributed by atoms with Crippen LogP contribution in [0.2, 0.25) is 0 Å². The molecule has 0 spiro atoms. The van der Waals surface area contributed by atoms with Crippen LogP contribution in [0.4, 0.5) is 5.82 Å². The van der Waals surface area contributed by atoms with Crippen LogP contribution in [-0.2, 0) is 4.74 Å². The molecular formula is C20H24N6O. The summed E-state index contributed by atoms with van der Waals surface area (Å²) >= 11 is 0. The fourth-order valence-electron chi connectivity index (χ4n) is 4.10. The van der Waals surface area contributed by atoms with Gasteiger partial charge in [-0.3, -0.25) is 4.90 Å². The predicted octanol–water partition coefficient (Wildman–Crippen LogP) is 2.46. The first-order valence-corrected chi connectivity index (χ1v) is 9.71. The van der Waals surface area contributed by atoms with Crippen LogP contribution in [0.15, 0.2) is 42.7 Å². The van der Waals surface area contributed by atoms with Crippen molar-refractivity contribution < 1.29 is 4.74 Å². The van der Waals surface area contributed by atoms with Crippen LogP contribution in [0.3, 0.4) is 0 Å². The second-order valence-corrected chi connectivity index (χ2v) is 7.34. The zero-order valence-corrected chi connectivity index (χ0v) is 15.3. The van der Waals surface area contributed by atoms with E-state index in [1.165, 1.54) is 6.42 Å². The fraction of sp³-hybridized carbons (Fsp3) is 0.450. The largest absolute Gasteiger partial charge is 0.380 e. The van der Waals surface area contributed by atoms with E-state index in [0.29, 0.717) is 17.9 Å². The fourth-order valence-corrected chi connectivity index (χ4v) is 4.10. The molecule has 2 aliphatic rings. The van der Waals surface area contributed by atoms with Crippen molar-refractivity contribution in [1.29, 1.82) is 0 Å². The van der Waals surface area contributed by atoms with E-state index in [0.717, 1.165) is 56.2 Å². The summed E-state index contributed by atoms with van der Waals surface area (Å²) in [7, 11) is 0. The SMILES string of the molecule is c1ccc(-c2cc(NC3CCN([C@H]4CCOC4)CC3)n3ncnc3n2)cc1. The molecule has 7 heteroatoms. The molecule has 0 aliphatic carbocycles. The third-order valence-electron chi connectivity index (χ3n) is 5.62. The van der Waals surface area contributed by atoms with Gasteiger partial charge in [-0.1, -0.05) is 30.3 Å². The Labute approximate surface area is 158 Å². The normalized spacial score (nSPS) is 21.7. The lowest BCUT2D eigenvalue weighted by Crippen LogP contribution is -2.45. The molecule has 0 saturated carbocycles. The van der Waals surface area contributed by atoms with Crippen LogP contribution in [0, 0.1) is 0 Å². The number of benzene rings is 1. The molecule has 0 bridgehead atoms. The zero-order valence-electron chi connectivity index (χ0n) is 15.3. The Kier molecular flexibility index (Phi) is 4.47. The highest BCUT2D eigenvalue weighted by atomic mass is 16.5. The van der Waals surface area contributed by atoms with E-state index in [1.807, 2.05) is 18.2 Å². The van der Waals surface area contributed by atoms with Crippen molar-refractivity contribution in [3.8, 4) is 11.3 Å². The number of nitrogens with one attached hydrogen (secondary N) is 1. The first-order chi connectivity index (χ1) is 13.4. The lowest BCUT2D eigenvalue weighted by atomic mass is 10.0. The van der Waals surface area contributed by atoms with Crippen LogP contribution < -0.4 is 5.32 Å². The summed E-state index contributed by atoms with van der Waals surface area (Å²) in [5, 5.41) is 8.04. The van der Waals surface area contributed by atoms with Gasteiger partial charge in [0, 0.05) is 43.4 Å². The average molecular weight is 364 g/mol. The molecule has 140 valence electrons. The number of anilines is 1. The average Bonchev–Trinajstić information content (AvgIpc) is 3.41. The molecule has 4 heterocycles. The lowest BCUT2D eigenvalue weighted by molar-refractivity contribution is 0.124. The van der Waals surface area contributed by atoms with Crippen molar-refractivity contribution in [3.05, 3.63) is 42.7 Å². The van der Waals surface area contributed by atoms with Gasteiger partial charge in [-0.05, 0) is 19.3 Å². The number of likely N-dealkylation sites (tertiary alicyclic amines) is 1. The maximum atomic E-state index is 5.54. The Morgan fingerprint density at radius 3 is 2.70 bits per heavy atom. The predicted molar refractivity (Wildman–Crippen MR) is 104 cm³/mol. The van der Waals surface area contributed by atoms with Gasteiger partial charge < -0.3 is 10.1 Å². The minimum absolute atomic E-state index is 0.432. The van der Waals surface area contributed by atoms with Crippen LogP contribution >= 0.6 is 0 Å². The highest BCUT2D eigenvalue weighted by Crippen LogP contribution is 2.24. The Bertz CT molecular complexity index is 897. The Hall–Kier alpha value is -2.51. The van der Waals surface area contributed by atoms with Gasteiger partial charge in [0.25, 0.3) is 5.78 Å².